The van der Waals surface area contributed by atoms with Gasteiger partial charge in [-0.05, 0) is 30.0 Å². The number of nitrogens with one attached hydrogen (secondary N) is 1. The van der Waals surface area contributed by atoms with Crippen molar-refractivity contribution in [1.82, 2.24) is 24.4 Å². The highest BCUT2D eigenvalue weighted by Gasteiger charge is 2.32. The van der Waals surface area contributed by atoms with E-state index in [-0.39, 0.29) is 10.8 Å². The SMILES string of the molecule is O=S(=O)(c1cn[nH]c1)N1CCN(Cc2ccccc2)C[C@@H](Cc2ccccn2)C1. The van der Waals surface area contributed by atoms with Crippen LogP contribution in [0.1, 0.15) is 11.3 Å². The number of benzene rings is 1. The minimum atomic E-state index is -3.57. The molecule has 1 aliphatic rings. The van der Waals surface area contributed by atoms with Crippen LogP contribution in [0.3, 0.4) is 0 Å². The molecule has 1 atom stereocenters. The molecule has 1 fully saturated rings. The van der Waals surface area contributed by atoms with Crippen molar-refractivity contribution in [3.63, 3.8) is 0 Å². The highest BCUT2D eigenvalue weighted by atomic mass is 32.2. The van der Waals surface area contributed by atoms with Crippen LogP contribution in [-0.2, 0) is 23.0 Å². The molecule has 0 radical (unpaired) electrons. The van der Waals surface area contributed by atoms with E-state index in [4.69, 9.17) is 0 Å². The van der Waals surface area contributed by atoms with Crippen LogP contribution in [0.2, 0.25) is 0 Å². The first kappa shape index (κ1) is 19.8. The number of rotatable bonds is 6. The molecular formula is C21H25N5O2S. The fraction of sp³-hybridized carbons (Fsp3) is 0.333. The van der Waals surface area contributed by atoms with Crippen molar-refractivity contribution in [3.05, 3.63) is 78.4 Å². The predicted molar refractivity (Wildman–Crippen MR) is 110 cm³/mol. The summed E-state index contributed by atoms with van der Waals surface area (Å²) < 4.78 is 27.8. The van der Waals surface area contributed by atoms with Gasteiger partial charge in [-0.1, -0.05) is 36.4 Å². The number of hydrogen-bond donors (Lipinski definition) is 1. The van der Waals surface area contributed by atoms with Crippen LogP contribution < -0.4 is 0 Å². The summed E-state index contributed by atoms with van der Waals surface area (Å²) in [5.74, 6) is 0.151. The standard InChI is InChI=1S/C21H25N5O2S/c27-29(28,21-13-23-24-14-21)26-11-10-25(15-18-6-2-1-3-7-18)16-19(17-26)12-20-8-4-5-9-22-20/h1-9,13-14,19H,10-12,15-17H2,(H,23,24)/t19-/m1/s1. The molecule has 0 aliphatic carbocycles. The van der Waals surface area contributed by atoms with Crippen LogP contribution in [0.25, 0.3) is 0 Å². The zero-order valence-corrected chi connectivity index (χ0v) is 17.0. The van der Waals surface area contributed by atoms with Crippen molar-refractivity contribution in [2.75, 3.05) is 26.2 Å². The van der Waals surface area contributed by atoms with Gasteiger partial charge >= 0.3 is 0 Å². The number of hydrogen-bond acceptors (Lipinski definition) is 5. The monoisotopic (exact) mass is 411 g/mol. The molecule has 2 aromatic heterocycles. The van der Waals surface area contributed by atoms with E-state index < -0.39 is 10.0 Å². The maximum Gasteiger partial charge on any atom is 0.246 e. The van der Waals surface area contributed by atoms with Gasteiger partial charge < -0.3 is 0 Å². The molecule has 0 spiro atoms. The van der Waals surface area contributed by atoms with Gasteiger partial charge in [-0.25, -0.2) is 8.42 Å². The first-order valence-corrected chi connectivity index (χ1v) is 11.2. The molecule has 0 amide bonds. The minimum Gasteiger partial charge on any atom is -0.297 e. The van der Waals surface area contributed by atoms with E-state index in [1.807, 2.05) is 36.4 Å². The molecule has 0 saturated carbocycles. The predicted octanol–water partition coefficient (Wildman–Crippen LogP) is 2.17. The fourth-order valence-corrected chi connectivity index (χ4v) is 5.24. The summed E-state index contributed by atoms with van der Waals surface area (Å²) in [5, 5.41) is 6.42. The van der Waals surface area contributed by atoms with E-state index in [1.54, 1.807) is 10.5 Å². The maximum atomic E-state index is 13.1. The Labute approximate surface area is 171 Å². The summed E-state index contributed by atoms with van der Waals surface area (Å²) in [4.78, 5) is 7.00. The number of aromatic nitrogens is 3. The summed E-state index contributed by atoms with van der Waals surface area (Å²) in [7, 11) is -3.57. The molecule has 3 aromatic rings. The third-order valence-corrected chi connectivity index (χ3v) is 7.06. The van der Waals surface area contributed by atoms with Crippen LogP contribution >= 0.6 is 0 Å². The number of nitrogens with zero attached hydrogens (tertiary/aromatic N) is 4. The molecule has 0 bridgehead atoms. The van der Waals surface area contributed by atoms with Crippen LogP contribution in [0.5, 0.6) is 0 Å². The van der Waals surface area contributed by atoms with Gasteiger partial charge in [0.25, 0.3) is 0 Å². The van der Waals surface area contributed by atoms with Crippen LogP contribution in [-0.4, -0.2) is 59.0 Å². The van der Waals surface area contributed by atoms with Gasteiger partial charge in [0.05, 0.1) is 6.20 Å². The lowest BCUT2D eigenvalue weighted by Crippen LogP contribution is -2.36. The summed E-state index contributed by atoms with van der Waals surface area (Å²) >= 11 is 0. The number of aromatic amines is 1. The molecule has 1 aliphatic heterocycles. The highest BCUT2D eigenvalue weighted by molar-refractivity contribution is 7.89. The van der Waals surface area contributed by atoms with Crippen LogP contribution in [0.15, 0.2) is 72.0 Å². The number of H-pyrrole nitrogens is 1. The van der Waals surface area contributed by atoms with Gasteiger partial charge in [0.15, 0.2) is 0 Å². The maximum absolute atomic E-state index is 13.1. The first-order valence-electron chi connectivity index (χ1n) is 9.76. The molecular weight excluding hydrogens is 386 g/mol. The van der Waals surface area contributed by atoms with Gasteiger partial charge in [0, 0.05) is 50.8 Å². The highest BCUT2D eigenvalue weighted by Crippen LogP contribution is 2.22. The van der Waals surface area contributed by atoms with E-state index in [0.29, 0.717) is 19.6 Å². The van der Waals surface area contributed by atoms with Crippen molar-refractivity contribution in [2.45, 2.75) is 17.9 Å². The van der Waals surface area contributed by atoms with E-state index in [0.717, 1.165) is 25.2 Å². The van der Waals surface area contributed by atoms with Gasteiger partial charge in [-0.15, -0.1) is 0 Å². The molecule has 1 aromatic carbocycles. The van der Waals surface area contributed by atoms with E-state index in [1.165, 1.54) is 18.0 Å². The lowest BCUT2D eigenvalue weighted by molar-refractivity contribution is 0.248. The summed E-state index contributed by atoms with van der Waals surface area (Å²) in [5.41, 5.74) is 2.22. The zero-order chi connectivity index (χ0) is 20.1. The molecule has 0 unspecified atom stereocenters. The molecule has 29 heavy (non-hydrogen) atoms. The minimum absolute atomic E-state index is 0.151. The lowest BCUT2D eigenvalue weighted by atomic mass is 10.0. The first-order chi connectivity index (χ1) is 14.1. The largest absolute Gasteiger partial charge is 0.297 e. The topological polar surface area (TPSA) is 82.2 Å². The second-order valence-electron chi connectivity index (χ2n) is 7.41. The second-order valence-corrected chi connectivity index (χ2v) is 9.35. The van der Waals surface area contributed by atoms with Gasteiger partial charge in [-0.2, -0.15) is 9.40 Å². The van der Waals surface area contributed by atoms with Crippen molar-refractivity contribution < 1.29 is 8.42 Å². The molecule has 4 rings (SSSR count). The Morgan fingerprint density at radius 3 is 2.59 bits per heavy atom. The van der Waals surface area contributed by atoms with Gasteiger partial charge in [-0.3, -0.25) is 15.0 Å². The average molecular weight is 412 g/mol. The number of pyridine rings is 1. The molecule has 3 heterocycles. The third-order valence-electron chi connectivity index (χ3n) is 5.23. The summed E-state index contributed by atoms with van der Waals surface area (Å²) in [6, 6.07) is 16.2. The van der Waals surface area contributed by atoms with E-state index >= 15 is 0 Å². The van der Waals surface area contributed by atoms with Crippen LogP contribution in [0, 0.1) is 5.92 Å². The quantitative estimate of drug-likeness (QED) is 0.672. The van der Waals surface area contributed by atoms with Gasteiger partial charge in [0.1, 0.15) is 4.90 Å². The van der Waals surface area contributed by atoms with Gasteiger partial charge in [0.2, 0.25) is 10.0 Å². The summed E-state index contributed by atoms with van der Waals surface area (Å²) in [6.45, 7) is 3.24. The Bertz CT molecular complexity index is 994. The van der Waals surface area contributed by atoms with E-state index in [9.17, 15) is 8.42 Å². The Balaban J connectivity index is 1.56. The lowest BCUT2D eigenvalue weighted by Gasteiger charge is -2.24. The van der Waals surface area contributed by atoms with Crippen molar-refractivity contribution >= 4 is 10.0 Å². The third kappa shape index (κ3) is 4.90. The smallest absolute Gasteiger partial charge is 0.246 e. The Kier molecular flexibility index (Phi) is 6.03. The van der Waals surface area contributed by atoms with Crippen molar-refractivity contribution in [2.24, 2.45) is 5.92 Å². The second kappa shape index (κ2) is 8.86. The zero-order valence-electron chi connectivity index (χ0n) is 16.2. The van der Waals surface area contributed by atoms with Crippen molar-refractivity contribution in [1.29, 1.82) is 0 Å². The normalized spacial score (nSPS) is 19.1. The Hall–Kier alpha value is -2.55. The molecule has 1 saturated heterocycles. The number of sulfonamides is 1. The van der Waals surface area contributed by atoms with Crippen LogP contribution in [0.4, 0.5) is 0 Å². The summed E-state index contributed by atoms with van der Waals surface area (Å²) in [6.07, 6.45) is 5.34. The van der Waals surface area contributed by atoms with E-state index in [2.05, 4.69) is 32.2 Å². The Morgan fingerprint density at radius 1 is 1.03 bits per heavy atom. The molecule has 1 N–H and O–H groups in total. The fourth-order valence-electron chi connectivity index (χ4n) is 3.82. The molecule has 7 nitrogen and oxygen atoms in total. The molecule has 152 valence electrons. The Morgan fingerprint density at radius 2 is 1.86 bits per heavy atom. The average Bonchev–Trinajstić information content (AvgIpc) is 3.21. The molecule has 8 heteroatoms. The van der Waals surface area contributed by atoms with Crippen molar-refractivity contribution in [3.8, 4) is 0 Å².